The van der Waals surface area contributed by atoms with Crippen LogP contribution < -0.4 is 20.1 Å². The molecule has 0 unspecified atom stereocenters. The van der Waals surface area contributed by atoms with Gasteiger partial charge in [-0.15, -0.1) is 0 Å². The molecular formula is C23H21Cl2FN2O4. The summed E-state index contributed by atoms with van der Waals surface area (Å²) in [7, 11) is 0. The number of carbonyl (C=O) groups is 2. The van der Waals surface area contributed by atoms with Crippen LogP contribution >= 0.6 is 23.2 Å². The molecule has 1 heterocycles. The molecule has 6 nitrogen and oxygen atoms in total. The first-order valence-corrected chi connectivity index (χ1v) is 11.0. The lowest BCUT2D eigenvalue weighted by Gasteiger charge is -2.70. The van der Waals surface area contributed by atoms with E-state index < -0.39 is 11.4 Å². The molecular weight excluding hydrogens is 458 g/mol. The number of nitrogens with one attached hydrogen (secondary N) is 2. The van der Waals surface area contributed by atoms with Crippen LogP contribution in [0.4, 0.5) is 4.39 Å². The van der Waals surface area contributed by atoms with Gasteiger partial charge in [0.15, 0.2) is 12.2 Å². The molecule has 0 spiro atoms. The van der Waals surface area contributed by atoms with Gasteiger partial charge in [-0.05, 0) is 56.5 Å². The van der Waals surface area contributed by atoms with Crippen molar-refractivity contribution < 1.29 is 23.5 Å². The van der Waals surface area contributed by atoms with Crippen molar-refractivity contribution in [1.82, 2.24) is 10.6 Å². The fourth-order valence-corrected chi connectivity index (χ4v) is 5.34. The molecule has 3 fully saturated rings. The van der Waals surface area contributed by atoms with Crippen LogP contribution in [0.1, 0.15) is 31.7 Å². The van der Waals surface area contributed by atoms with Gasteiger partial charge in [0.05, 0.1) is 5.02 Å². The molecule has 9 heteroatoms. The lowest BCUT2D eigenvalue weighted by atomic mass is 9.44. The van der Waals surface area contributed by atoms with Crippen LogP contribution in [0.3, 0.4) is 0 Å². The maximum atomic E-state index is 13.5. The third-order valence-electron chi connectivity index (χ3n) is 6.44. The van der Waals surface area contributed by atoms with Crippen LogP contribution in [0, 0.1) is 5.82 Å². The molecule has 3 saturated carbocycles. The summed E-state index contributed by atoms with van der Waals surface area (Å²) in [5, 5.41) is 6.70. The largest absolute Gasteiger partial charge is 0.484 e. The second-order valence-corrected chi connectivity index (χ2v) is 10.1. The van der Waals surface area contributed by atoms with Gasteiger partial charge < -0.3 is 20.1 Å². The van der Waals surface area contributed by atoms with Gasteiger partial charge in [0.2, 0.25) is 0 Å². The summed E-state index contributed by atoms with van der Waals surface area (Å²) in [6.45, 7) is 1.55. The topological polar surface area (TPSA) is 76.7 Å². The molecule has 1 aliphatic heterocycles. The molecule has 6 rings (SSSR count). The van der Waals surface area contributed by atoms with Crippen molar-refractivity contribution in [3.63, 3.8) is 0 Å². The molecule has 0 radical (unpaired) electrons. The Hall–Kier alpha value is -2.51. The Morgan fingerprint density at radius 1 is 1.09 bits per heavy atom. The van der Waals surface area contributed by atoms with Crippen molar-refractivity contribution >= 4 is 35.0 Å². The minimum Gasteiger partial charge on any atom is -0.484 e. The molecule has 2 amide bonds. The Balaban J connectivity index is 1.11. The van der Waals surface area contributed by atoms with Crippen LogP contribution in [0.25, 0.3) is 0 Å². The van der Waals surface area contributed by atoms with Crippen molar-refractivity contribution in [3.05, 3.63) is 57.8 Å². The standard InChI is InChI=1S/C23H21Cl2FN2O4/c1-21(8-13-6-14(24)2-5-18(13)32-21)20(30)28-23-10-22(11-23,12-23)27-19(29)9-31-15-3-4-16(25)17(26)7-15/h2-7H,8-12H2,1H3,(H,27,29)(H,28,30)/t21-,22?,23?/m1/s1. The highest BCUT2D eigenvalue weighted by molar-refractivity contribution is 6.31. The highest BCUT2D eigenvalue weighted by Gasteiger charge is 2.70. The molecule has 1 atom stereocenters. The second kappa shape index (κ2) is 7.25. The first kappa shape index (κ1) is 21.3. The summed E-state index contributed by atoms with van der Waals surface area (Å²) in [6, 6.07) is 9.36. The Morgan fingerprint density at radius 2 is 1.81 bits per heavy atom. The molecule has 2 aromatic rings. The summed E-state index contributed by atoms with van der Waals surface area (Å²) in [5.74, 6) is -0.159. The summed E-state index contributed by atoms with van der Waals surface area (Å²) < 4.78 is 24.7. The van der Waals surface area contributed by atoms with Gasteiger partial charge in [0, 0.05) is 34.2 Å². The highest BCUT2D eigenvalue weighted by atomic mass is 35.5. The summed E-state index contributed by atoms with van der Waals surface area (Å²) in [5.41, 5.74) is -0.714. The number of carbonyl (C=O) groups excluding carboxylic acids is 2. The molecule has 4 aliphatic rings. The van der Waals surface area contributed by atoms with E-state index in [2.05, 4.69) is 10.6 Å². The Labute approximate surface area is 194 Å². The summed E-state index contributed by atoms with van der Waals surface area (Å²) in [4.78, 5) is 25.2. The Kier molecular flexibility index (Phi) is 4.84. The Morgan fingerprint density at radius 3 is 2.53 bits per heavy atom. The highest BCUT2D eigenvalue weighted by Crippen LogP contribution is 2.60. The van der Waals surface area contributed by atoms with Gasteiger partial charge in [-0.3, -0.25) is 9.59 Å². The van der Waals surface area contributed by atoms with Crippen LogP contribution in [0.5, 0.6) is 11.5 Å². The first-order chi connectivity index (χ1) is 15.1. The third kappa shape index (κ3) is 3.67. The van der Waals surface area contributed by atoms with Gasteiger partial charge in [-0.25, -0.2) is 4.39 Å². The molecule has 32 heavy (non-hydrogen) atoms. The Bertz CT molecular complexity index is 1120. The zero-order valence-corrected chi connectivity index (χ0v) is 18.8. The van der Waals surface area contributed by atoms with Gasteiger partial charge in [0.1, 0.15) is 17.3 Å². The predicted octanol–water partition coefficient (Wildman–Crippen LogP) is 3.81. The van der Waals surface area contributed by atoms with Crippen LogP contribution in [0.15, 0.2) is 36.4 Å². The van der Waals surface area contributed by atoms with Crippen molar-refractivity contribution in [3.8, 4) is 11.5 Å². The number of hydrogen-bond donors (Lipinski definition) is 2. The number of rotatable bonds is 6. The van der Waals surface area contributed by atoms with Gasteiger partial charge in [-0.1, -0.05) is 23.2 Å². The molecule has 3 aliphatic carbocycles. The maximum absolute atomic E-state index is 13.5. The van der Waals surface area contributed by atoms with E-state index in [0.717, 1.165) is 11.6 Å². The van der Waals surface area contributed by atoms with E-state index in [9.17, 15) is 14.0 Å². The number of amides is 2. The van der Waals surface area contributed by atoms with Crippen LogP contribution in [-0.2, 0) is 16.0 Å². The third-order valence-corrected chi connectivity index (χ3v) is 6.98. The van der Waals surface area contributed by atoms with Gasteiger partial charge in [0.25, 0.3) is 11.8 Å². The fraction of sp³-hybridized carbons (Fsp3) is 0.391. The second-order valence-electron chi connectivity index (χ2n) is 9.22. The minimum atomic E-state index is -0.986. The summed E-state index contributed by atoms with van der Waals surface area (Å²) in [6.07, 6.45) is 2.42. The average Bonchev–Trinajstić information content (AvgIpc) is 3.03. The van der Waals surface area contributed by atoms with E-state index in [4.69, 9.17) is 32.7 Å². The molecule has 2 bridgehead atoms. The average molecular weight is 479 g/mol. The molecule has 2 aromatic carbocycles. The molecule has 168 valence electrons. The van der Waals surface area contributed by atoms with E-state index in [1.165, 1.54) is 12.1 Å². The number of benzene rings is 2. The quantitative estimate of drug-likeness (QED) is 0.661. The molecule has 0 saturated heterocycles. The van der Waals surface area contributed by atoms with Gasteiger partial charge >= 0.3 is 0 Å². The van der Waals surface area contributed by atoms with Gasteiger partial charge in [-0.2, -0.15) is 0 Å². The maximum Gasteiger partial charge on any atom is 0.264 e. The fourth-order valence-electron chi connectivity index (χ4n) is 5.03. The zero-order chi connectivity index (χ0) is 22.7. The van der Waals surface area contributed by atoms with Crippen molar-refractivity contribution in [1.29, 1.82) is 0 Å². The number of halogens is 3. The molecule has 2 N–H and O–H groups in total. The van der Waals surface area contributed by atoms with E-state index in [1.54, 1.807) is 19.1 Å². The van der Waals surface area contributed by atoms with Crippen molar-refractivity contribution in [2.45, 2.75) is 49.3 Å². The molecule has 0 aromatic heterocycles. The van der Waals surface area contributed by atoms with E-state index in [0.29, 0.717) is 36.5 Å². The lowest BCUT2D eigenvalue weighted by molar-refractivity contribution is -0.157. The van der Waals surface area contributed by atoms with E-state index in [1.807, 2.05) is 6.07 Å². The van der Waals surface area contributed by atoms with Crippen molar-refractivity contribution in [2.24, 2.45) is 0 Å². The first-order valence-electron chi connectivity index (χ1n) is 10.3. The summed E-state index contributed by atoms with van der Waals surface area (Å²) >= 11 is 11.7. The zero-order valence-electron chi connectivity index (χ0n) is 17.3. The van der Waals surface area contributed by atoms with Crippen LogP contribution in [-0.4, -0.2) is 35.1 Å². The van der Waals surface area contributed by atoms with E-state index in [-0.39, 0.29) is 40.3 Å². The number of hydrogen-bond acceptors (Lipinski definition) is 4. The van der Waals surface area contributed by atoms with E-state index >= 15 is 0 Å². The normalized spacial score (nSPS) is 29.1. The number of ether oxygens (including phenoxy) is 2. The predicted molar refractivity (Wildman–Crippen MR) is 117 cm³/mol. The van der Waals surface area contributed by atoms with Crippen LogP contribution in [0.2, 0.25) is 10.0 Å². The monoisotopic (exact) mass is 478 g/mol. The SMILES string of the molecule is C[C@]1(C(=O)NC23CC(NC(=O)COc4ccc(Cl)c(F)c4)(C2)C3)Cc2cc(Cl)ccc2O1. The lowest BCUT2D eigenvalue weighted by Crippen LogP contribution is -2.84. The smallest absolute Gasteiger partial charge is 0.264 e. The number of fused-ring (bicyclic) bond motifs is 1. The van der Waals surface area contributed by atoms with Crippen molar-refractivity contribution in [2.75, 3.05) is 6.61 Å². The minimum absolute atomic E-state index is 0.00689.